The van der Waals surface area contributed by atoms with Crippen LogP contribution < -0.4 is 10.5 Å². The summed E-state index contributed by atoms with van der Waals surface area (Å²) in [5.74, 6) is -0.774. The number of hydrogen-bond donors (Lipinski definition) is 2. The van der Waals surface area contributed by atoms with Crippen LogP contribution in [0, 0.1) is 5.82 Å². The summed E-state index contributed by atoms with van der Waals surface area (Å²) in [6.45, 7) is 3.92. The molecule has 0 fully saturated rings. The smallest absolute Gasteiger partial charge is 0.303 e. The first kappa shape index (κ1) is 15.4. The van der Waals surface area contributed by atoms with Crippen molar-refractivity contribution in [1.82, 2.24) is 0 Å². The van der Waals surface area contributed by atoms with Crippen LogP contribution in [0.1, 0.15) is 49.8 Å². The van der Waals surface area contributed by atoms with Crippen LogP contribution in [0.5, 0.6) is 5.75 Å². The molecule has 0 amide bonds. The minimum absolute atomic E-state index is 0.0441. The van der Waals surface area contributed by atoms with Gasteiger partial charge in [0.1, 0.15) is 11.6 Å². The van der Waals surface area contributed by atoms with Gasteiger partial charge in [0.15, 0.2) is 0 Å². The maximum absolute atomic E-state index is 13.6. The van der Waals surface area contributed by atoms with Gasteiger partial charge in [-0.1, -0.05) is 13.8 Å². The molecular weight excluding hydrogens is 249 g/mol. The fourth-order valence-corrected chi connectivity index (χ4v) is 2.14. The van der Waals surface area contributed by atoms with Gasteiger partial charge in [0.25, 0.3) is 0 Å². The van der Waals surface area contributed by atoms with Gasteiger partial charge in [-0.3, -0.25) is 4.79 Å². The highest BCUT2D eigenvalue weighted by Crippen LogP contribution is 2.34. The number of aliphatic carboxylic acids is 1. The molecule has 0 saturated carbocycles. The summed E-state index contributed by atoms with van der Waals surface area (Å²) in [5.41, 5.74) is 7.44. The Morgan fingerprint density at radius 2 is 2.11 bits per heavy atom. The van der Waals surface area contributed by atoms with Crippen molar-refractivity contribution in [3.63, 3.8) is 0 Å². The highest BCUT2D eigenvalue weighted by molar-refractivity contribution is 5.66. The molecule has 0 spiro atoms. The van der Waals surface area contributed by atoms with Crippen molar-refractivity contribution < 1.29 is 19.0 Å². The van der Waals surface area contributed by atoms with E-state index in [9.17, 15) is 9.18 Å². The topological polar surface area (TPSA) is 72.5 Å². The van der Waals surface area contributed by atoms with Gasteiger partial charge in [-0.05, 0) is 24.0 Å². The van der Waals surface area contributed by atoms with Crippen LogP contribution in [0.15, 0.2) is 12.1 Å². The number of nitrogens with two attached hydrogens (primary N) is 1. The van der Waals surface area contributed by atoms with Crippen LogP contribution in [-0.2, 0) is 4.79 Å². The third-order valence-corrected chi connectivity index (χ3v) is 3.00. The summed E-state index contributed by atoms with van der Waals surface area (Å²) < 4.78 is 18.8. The number of methoxy groups -OCH3 is 1. The molecular formula is C14H20FNO3. The fourth-order valence-electron chi connectivity index (χ4n) is 2.14. The predicted octanol–water partition coefficient (Wildman–Crippen LogP) is 2.82. The van der Waals surface area contributed by atoms with E-state index in [2.05, 4.69) is 0 Å². The normalized spacial score (nSPS) is 12.5. The van der Waals surface area contributed by atoms with Crippen molar-refractivity contribution in [2.45, 2.75) is 38.6 Å². The van der Waals surface area contributed by atoms with E-state index < -0.39 is 17.8 Å². The Kier molecular flexibility index (Phi) is 5.30. The number of halogens is 1. The van der Waals surface area contributed by atoms with Gasteiger partial charge in [-0.25, -0.2) is 4.39 Å². The van der Waals surface area contributed by atoms with Crippen molar-refractivity contribution >= 4 is 5.97 Å². The van der Waals surface area contributed by atoms with Crippen molar-refractivity contribution in [2.75, 3.05) is 7.11 Å². The average Bonchev–Trinajstić information content (AvgIpc) is 2.34. The maximum atomic E-state index is 13.6. The fraction of sp³-hybridized carbons (Fsp3) is 0.500. The molecule has 0 bridgehead atoms. The molecule has 1 unspecified atom stereocenters. The zero-order valence-electron chi connectivity index (χ0n) is 11.4. The van der Waals surface area contributed by atoms with Crippen LogP contribution in [0.2, 0.25) is 0 Å². The summed E-state index contributed by atoms with van der Waals surface area (Å²) in [7, 11) is 1.48. The summed E-state index contributed by atoms with van der Waals surface area (Å²) in [5, 5.41) is 8.69. The first-order valence-electron chi connectivity index (χ1n) is 6.21. The van der Waals surface area contributed by atoms with Crippen molar-refractivity contribution in [3.05, 3.63) is 29.1 Å². The molecule has 19 heavy (non-hydrogen) atoms. The van der Waals surface area contributed by atoms with Crippen LogP contribution in [-0.4, -0.2) is 18.2 Å². The molecule has 0 radical (unpaired) electrons. The third kappa shape index (κ3) is 3.92. The highest BCUT2D eigenvalue weighted by Gasteiger charge is 2.20. The average molecular weight is 269 g/mol. The second kappa shape index (κ2) is 6.52. The third-order valence-electron chi connectivity index (χ3n) is 3.00. The second-order valence-electron chi connectivity index (χ2n) is 4.80. The number of carboxylic acid groups (broad SMARTS) is 1. The lowest BCUT2D eigenvalue weighted by atomic mass is 9.90. The number of carboxylic acids is 1. The van der Waals surface area contributed by atoms with Gasteiger partial charge in [0, 0.05) is 24.1 Å². The number of benzene rings is 1. The minimum atomic E-state index is -0.912. The van der Waals surface area contributed by atoms with E-state index in [4.69, 9.17) is 15.6 Å². The van der Waals surface area contributed by atoms with Crippen molar-refractivity contribution in [1.29, 1.82) is 0 Å². The molecule has 1 aromatic rings. The lowest BCUT2D eigenvalue weighted by molar-refractivity contribution is -0.137. The van der Waals surface area contributed by atoms with E-state index in [1.54, 1.807) is 0 Å². The van der Waals surface area contributed by atoms with Gasteiger partial charge in [-0.15, -0.1) is 0 Å². The van der Waals surface area contributed by atoms with E-state index >= 15 is 0 Å². The molecule has 1 atom stereocenters. The van der Waals surface area contributed by atoms with E-state index in [1.807, 2.05) is 13.8 Å². The Balaban J connectivity index is 3.16. The monoisotopic (exact) mass is 269 g/mol. The van der Waals surface area contributed by atoms with E-state index in [0.29, 0.717) is 11.3 Å². The molecule has 3 N–H and O–H groups in total. The number of hydrogen-bond acceptors (Lipinski definition) is 3. The molecule has 1 rings (SSSR count). The van der Waals surface area contributed by atoms with Crippen molar-refractivity contribution in [2.24, 2.45) is 5.73 Å². The van der Waals surface area contributed by atoms with E-state index in [1.165, 1.54) is 19.2 Å². The standard InChI is InChI=1S/C14H20FNO3/c1-8(2)14-10(11(16)4-5-13(17)18)6-9(15)7-12(14)19-3/h6-8,11H,4-5,16H2,1-3H3,(H,17,18). The van der Waals surface area contributed by atoms with Gasteiger partial charge < -0.3 is 15.6 Å². The van der Waals surface area contributed by atoms with Crippen molar-refractivity contribution in [3.8, 4) is 5.75 Å². The SMILES string of the molecule is COc1cc(F)cc(C(N)CCC(=O)O)c1C(C)C. The summed E-state index contributed by atoms with van der Waals surface area (Å²) in [6.07, 6.45) is 0.221. The number of carbonyl (C=O) groups is 1. The Labute approximate surface area is 112 Å². The molecule has 1 aromatic carbocycles. The minimum Gasteiger partial charge on any atom is -0.496 e. The van der Waals surface area contributed by atoms with Gasteiger partial charge >= 0.3 is 5.97 Å². The van der Waals surface area contributed by atoms with Crippen LogP contribution in [0.4, 0.5) is 4.39 Å². The largest absolute Gasteiger partial charge is 0.496 e. The highest BCUT2D eigenvalue weighted by atomic mass is 19.1. The van der Waals surface area contributed by atoms with Crippen LogP contribution in [0.3, 0.4) is 0 Å². The zero-order chi connectivity index (χ0) is 14.6. The predicted molar refractivity (Wildman–Crippen MR) is 70.8 cm³/mol. The molecule has 4 nitrogen and oxygen atoms in total. The van der Waals surface area contributed by atoms with Gasteiger partial charge in [0.05, 0.1) is 7.11 Å². The molecule has 0 heterocycles. The first-order chi connectivity index (χ1) is 8.86. The van der Waals surface area contributed by atoms with Crippen LogP contribution >= 0.6 is 0 Å². The van der Waals surface area contributed by atoms with E-state index in [-0.39, 0.29) is 18.8 Å². The summed E-state index contributed by atoms with van der Waals surface area (Å²) in [4.78, 5) is 10.6. The molecule has 0 saturated heterocycles. The molecule has 0 aliphatic heterocycles. The summed E-state index contributed by atoms with van der Waals surface area (Å²) >= 11 is 0. The molecule has 106 valence electrons. The Morgan fingerprint density at radius 3 is 2.58 bits per heavy atom. The number of rotatable bonds is 6. The lowest BCUT2D eigenvalue weighted by Crippen LogP contribution is -2.16. The lowest BCUT2D eigenvalue weighted by Gasteiger charge is -2.21. The first-order valence-corrected chi connectivity index (χ1v) is 6.21. The zero-order valence-corrected chi connectivity index (χ0v) is 11.4. The summed E-state index contributed by atoms with van der Waals surface area (Å²) in [6, 6.07) is 2.17. The van der Waals surface area contributed by atoms with Crippen LogP contribution in [0.25, 0.3) is 0 Å². The molecule has 0 aliphatic rings. The molecule has 0 aliphatic carbocycles. The molecule has 0 aromatic heterocycles. The van der Waals surface area contributed by atoms with Gasteiger partial charge in [-0.2, -0.15) is 0 Å². The maximum Gasteiger partial charge on any atom is 0.303 e. The Morgan fingerprint density at radius 1 is 1.47 bits per heavy atom. The Hall–Kier alpha value is -1.62. The Bertz CT molecular complexity index is 460. The van der Waals surface area contributed by atoms with E-state index in [0.717, 1.165) is 5.56 Å². The molecule has 5 heteroatoms. The number of ether oxygens (including phenoxy) is 1. The van der Waals surface area contributed by atoms with Gasteiger partial charge in [0.2, 0.25) is 0 Å². The quantitative estimate of drug-likeness (QED) is 0.833. The second-order valence-corrected chi connectivity index (χ2v) is 4.80.